The highest BCUT2D eigenvalue weighted by molar-refractivity contribution is 5.81. The second kappa shape index (κ2) is 4.43. The third-order valence-electron chi connectivity index (χ3n) is 2.77. The van der Waals surface area contributed by atoms with E-state index in [4.69, 9.17) is 5.41 Å². The Kier molecular flexibility index (Phi) is 2.99. The highest BCUT2D eigenvalue weighted by atomic mass is 19.1. The number of hydrogen-bond acceptors (Lipinski definition) is 1. The van der Waals surface area contributed by atoms with Gasteiger partial charge in [-0.3, -0.25) is 5.41 Å². The molecule has 80 valence electrons. The van der Waals surface area contributed by atoms with Crippen molar-refractivity contribution in [1.82, 2.24) is 4.90 Å². The molecular formula is C12H15FN2. The molecular weight excluding hydrogens is 191 g/mol. The molecule has 0 bridgehead atoms. The van der Waals surface area contributed by atoms with Crippen molar-refractivity contribution in [2.75, 3.05) is 13.1 Å². The molecule has 0 saturated carbocycles. The molecule has 1 aliphatic rings. The molecule has 1 N–H and O–H groups in total. The standard InChI is InChI=1S/C12H15FN2/c13-11-5-3-10(4-6-11)9-12(14)15-7-1-2-8-15/h3-6,14H,1-2,7-9H2. The largest absolute Gasteiger partial charge is 0.360 e. The first kappa shape index (κ1) is 10.1. The van der Waals surface area contributed by atoms with Gasteiger partial charge >= 0.3 is 0 Å². The molecule has 0 aromatic heterocycles. The Morgan fingerprint density at radius 1 is 1.20 bits per heavy atom. The van der Waals surface area contributed by atoms with Crippen LogP contribution in [0, 0.1) is 11.2 Å². The van der Waals surface area contributed by atoms with Gasteiger partial charge in [0.15, 0.2) is 0 Å². The van der Waals surface area contributed by atoms with Crippen molar-refractivity contribution >= 4 is 5.84 Å². The first-order valence-electron chi connectivity index (χ1n) is 5.32. The molecule has 1 fully saturated rings. The van der Waals surface area contributed by atoms with Crippen molar-refractivity contribution in [3.63, 3.8) is 0 Å². The van der Waals surface area contributed by atoms with E-state index in [0.717, 1.165) is 18.7 Å². The van der Waals surface area contributed by atoms with Gasteiger partial charge < -0.3 is 4.90 Å². The molecule has 1 aliphatic heterocycles. The van der Waals surface area contributed by atoms with E-state index < -0.39 is 0 Å². The van der Waals surface area contributed by atoms with E-state index in [-0.39, 0.29) is 5.82 Å². The summed E-state index contributed by atoms with van der Waals surface area (Å²) in [5.41, 5.74) is 1.01. The minimum atomic E-state index is -0.216. The topological polar surface area (TPSA) is 27.1 Å². The molecule has 2 nitrogen and oxygen atoms in total. The third-order valence-corrected chi connectivity index (χ3v) is 2.77. The number of nitrogens with one attached hydrogen (secondary N) is 1. The van der Waals surface area contributed by atoms with Gasteiger partial charge in [0.1, 0.15) is 11.7 Å². The van der Waals surface area contributed by atoms with Crippen LogP contribution in [0.1, 0.15) is 18.4 Å². The molecule has 0 radical (unpaired) electrons. The fourth-order valence-corrected chi connectivity index (χ4v) is 1.89. The average molecular weight is 206 g/mol. The van der Waals surface area contributed by atoms with E-state index >= 15 is 0 Å². The first-order valence-corrected chi connectivity index (χ1v) is 5.32. The molecule has 0 aliphatic carbocycles. The van der Waals surface area contributed by atoms with Crippen LogP contribution in [-0.4, -0.2) is 23.8 Å². The van der Waals surface area contributed by atoms with E-state index in [9.17, 15) is 4.39 Å². The molecule has 1 heterocycles. The lowest BCUT2D eigenvalue weighted by atomic mass is 10.1. The van der Waals surface area contributed by atoms with Gasteiger partial charge in [-0.05, 0) is 30.5 Å². The summed E-state index contributed by atoms with van der Waals surface area (Å²) in [5.74, 6) is 0.436. The Morgan fingerprint density at radius 3 is 2.40 bits per heavy atom. The summed E-state index contributed by atoms with van der Waals surface area (Å²) >= 11 is 0. The van der Waals surface area contributed by atoms with Crippen molar-refractivity contribution in [2.24, 2.45) is 0 Å². The molecule has 1 saturated heterocycles. The Morgan fingerprint density at radius 2 is 1.80 bits per heavy atom. The summed E-state index contributed by atoms with van der Waals surface area (Å²) in [6.45, 7) is 2.00. The first-order chi connectivity index (χ1) is 7.25. The molecule has 3 heteroatoms. The predicted molar refractivity (Wildman–Crippen MR) is 58.6 cm³/mol. The van der Waals surface area contributed by atoms with Crippen LogP contribution in [0.4, 0.5) is 4.39 Å². The van der Waals surface area contributed by atoms with Gasteiger partial charge in [-0.15, -0.1) is 0 Å². The van der Waals surface area contributed by atoms with Gasteiger partial charge in [-0.25, -0.2) is 4.39 Å². The number of nitrogens with zero attached hydrogens (tertiary/aromatic N) is 1. The minimum Gasteiger partial charge on any atom is -0.360 e. The van der Waals surface area contributed by atoms with Crippen LogP contribution in [0.5, 0.6) is 0 Å². The molecule has 0 unspecified atom stereocenters. The van der Waals surface area contributed by atoms with Crippen molar-refractivity contribution in [3.05, 3.63) is 35.6 Å². The van der Waals surface area contributed by atoms with E-state index in [2.05, 4.69) is 4.90 Å². The third kappa shape index (κ3) is 2.55. The Labute approximate surface area is 89.2 Å². The molecule has 15 heavy (non-hydrogen) atoms. The maximum absolute atomic E-state index is 12.7. The number of hydrogen-bond donors (Lipinski definition) is 1. The summed E-state index contributed by atoms with van der Waals surface area (Å²) in [5, 5.41) is 7.91. The van der Waals surface area contributed by atoms with Crippen LogP contribution in [0.2, 0.25) is 0 Å². The van der Waals surface area contributed by atoms with Crippen LogP contribution < -0.4 is 0 Å². The van der Waals surface area contributed by atoms with Crippen LogP contribution in [0.15, 0.2) is 24.3 Å². The summed E-state index contributed by atoms with van der Waals surface area (Å²) in [6, 6.07) is 6.40. The zero-order chi connectivity index (χ0) is 10.7. The zero-order valence-corrected chi connectivity index (χ0v) is 8.67. The lowest BCUT2D eigenvalue weighted by Gasteiger charge is -2.18. The van der Waals surface area contributed by atoms with Crippen LogP contribution in [0.25, 0.3) is 0 Å². The minimum absolute atomic E-state index is 0.216. The molecule has 1 aromatic rings. The van der Waals surface area contributed by atoms with E-state index in [0.29, 0.717) is 12.3 Å². The van der Waals surface area contributed by atoms with E-state index in [1.165, 1.54) is 25.0 Å². The number of likely N-dealkylation sites (tertiary alicyclic amines) is 1. The van der Waals surface area contributed by atoms with Crippen molar-refractivity contribution in [3.8, 4) is 0 Å². The monoisotopic (exact) mass is 206 g/mol. The van der Waals surface area contributed by atoms with Crippen molar-refractivity contribution in [1.29, 1.82) is 5.41 Å². The van der Waals surface area contributed by atoms with Crippen LogP contribution in [0.3, 0.4) is 0 Å². The van der Waals surface area contributed by atoms with E-state index in [1.807, 2.05) is 0 Å². The Bertz CT molecular complexity index is 339. The van der Waals surface area contributed by atoms with Gasteiger partial charge in [-0.2, -0.15) is 0 Å². The normalized spacial score (nSPS) is 15.7. The molecule has 0 spiro atoms. The second-order valence-electron chi connectivity index (χ2n) is 3.94. The Hall–Kier alpha value is -1.38. The summed E-state index contributed by atoms with van der Waals surface area (Å²) in [7, 11) is 0. The van der Waals surface area contributed by atoms with E-state index in [1.54, 1.807) is 12.1 Å². The van der Waals surface area contributed by atoms with Crippen molar-refractivity contribution < 1.29 is 4.39 Å². The second-order valence-corrected chi connectivity index (χ2v) is 3.94. The average Bonchev–Trinajstić information content (AvgIpc) is 2.74. The van der Waals surface area contributed by atoms with Crippen molar-refractivity contribution in [2.45, 2.75) is 19.3 Å². The lowest BCUT2D eigenvalue weighted by Crippen LogP contribution is -2.28. The summed E-state index contributed by atoms with van der Waals surface area (Å²) in [4.78, 5) is 2.10. The fraction of sp³-hybridized carbons (Fsp3) is 0.417. The predicted octanol–water partition coefficient (Wildman–Crippen LogP) is 2.44. The lowest BCUT2D eigenvalue weighted by molar-refractivity contribution is 0.506. The highest BCUT2D eigenvalue weighted by Crippen LogP contribution is 2.11. The number of amidine groups is 1. The number of rotatable bonds is 2. The number of halogens is 1. The number of benzene rings is 1. The maximum atomic E-state index is 12.7. The molecule has 0 atom stereocenters. The van der Waals surface area contributed by atoms with Gasteiger partial charge in [0.2, 0.25) is 0 Å². The SMILES string of the molecule is N=C(Cc1ccc(F)cc1)N1CCCC1. The molecule has 0 amide bonds. The Balaban J connectivity index is 1.96. The fourth-order valence-electron chi connectivity index (χ4n) is 1.89. The van der Waals surface area contributed by atoms with Gasteiger partial charge in [0.05, 0.1) is 0 Å². The van der Waals surface area contributed by atoms with Crippen LogP contribution in [-0.2, 0) is 6.42 Å². The van der Waals surface area contributed by atoms with Gasteiger partial charge in [0, 0.05) is 19.5 Å². The van der Waals surface area contributed by atoms with Crippen LogP contribution >= 0.6 is 0 Å². The summed E-state index contributed by atoms with van der Waals surface area (Å²) < 4.78 is 12.7. The summed E-state index contributed by atoms with van der Waals surface area (Å²) in [6.07, 6.45) is 2.98. The maximum Gasteiger partial charge on any atom is 0.123 e. The highest BCUT2D eigenvalue weighted by Gasteiger charge is 2.14. The van der Waals surface area contributed by atoms with Gasteiger partial charge in [0.25, 0.3) is 0 Å². The zero-order valence-electron chi connectivity index (χ0n) is 8.67. The van der Waals surface area contributed by atoms with Gasteiger partial charge in [-0.1, -0.05) is 12.1 Å². The quantitative estimate of drug-likeness (QED) is 0.584. The smallest absolute Gasteiger partial charge is 0.123 e. The molecule has 1 aromatic carbocycles. The molecule has 2 rings (SSSR count).